The lowest BCUT2D eigenvalue weighted by Crippen LogP contribution is -2.43. The number of nitrogens with one attached hydrogen (secondary N) is 2. The van der Waals surface area contributed by atoms with E-state index in [-0.39, 0.29) is 29.2 Å². The number of rotatable bonds is 6. The minimum absolute atomic E-state index is 0.0438. The fraction of sp³-hybridized carbons (Fsp3) is 0.381. The zero-order valence-electron chi connectivity index (χ0n) is 27.4. The first kappa shape index (κ1) is 8.84. The number of methoxy groups -OCH3 is 1. The van der Waals surface area contributed by atoms with E-state index in [9.17, 15) is 4.79 Å². The summed E-state index contributed by atoms with van der Waals surface area (Å²) in [5.74, 6) is -1.30. The summed E-state index contributed by atoms with van der Waals surface area (Å²) in [5.41, 5.74) is -1.03. The average molecular weight is 401 g/mol. The highest BCUT2D eigenvalue weighted by Gasteiger charge is 2.32. The van der Waals surface area contributed by atoms with Crippen molar-refractivity contribution in [1.29, 1.82) is 0 Å². The maximum absolute atomic E-state index is 13.3. The minimum atomic E-state index is -2.99. The fourth-order valence-corrected chi connectivity index (χ4v) is 3.11. The van der Waals surface area contributed by atoms with Gasteiger partial charge >= 0.3 is 0 Å². The number of carbonyl (C=O) groups is 1. The van der Waals surface area contributed by atoms with Crippen LogP contribution in [-0.4, -0.2) is 43.4 Å². The van der Waals surface area contributed by atoms with Crippen molar-refractivity contribution >= 4 is 23.2 Å². The topological polar surface area (TPSA) is 53.6 Å². The SMILES string of the molecule is [2H]c1c([2H])c([2H])c(C([2H])([2H])N2CC[C@H](NC(=O)c3cc(Cl)c(NC([2H])([2H])[2H])cc3OC([2H])([2H])[2H])[C@@H]2C)c([2H])c1[2H]. The third-order valence-electron chi connectivity index (χ3n) is 4.39. The summed E-state index contributed by atoms with van der Waals surface area (Å²) >= 11 is 6.16. The van der Waals surface area contributed by atoms with E-state index in [1.807, 2.05) is 0 Å². The molecule has 2 N–H and O–H groups in total. The molecule has 27 heavy (non-hydrogen) atoms. The van der Waals surface area contributed by atoms with Crippen LogP contribution in [0.5, 0.6) is 5.75 Å². The average Bonchev–Trinajstić information content (AvgIpc) is 3.17. The highest BCUT2D eigenvalue weighted by molar-refractivity contribution is 6.33. The van der Waals surface area contributed by atoms with E-state index in [4.69, 9.17) is 34.2 Å². The molecule has 1 aliphatic heterocycles. The molecule has 2 aromatic carbocycles. The number of likely N-dealkylation sites (tertiary alicyclic amines) is 1. The Labute approximate surface area is 183 Å². The van der Waals surface area contributed by atoms with Gasteiger partial charge < -0.3 is 15.4 Å². The Morgan fingerprint density at radius 1 is 1.44 bits per heavy atom. The van der Waals surface area contributed by atoms with E-state index < -0.39 is 80.0 Å². The van der Waals surface area contributed by atoms with Crippen LogP contribution in [0.2, 0.25) is 5.02 Å². The Morgan fingerprint density at radius 2 is 2.26 bits per heavy atom. The standard InChI is InChI=1S/C21H26ClN3O2/c1-14-18(9-10-25(14)13-15-7-5-4-6-8-15)24-21(26)16-11-17(22)19(23-2)12-20(16)27-3/h4-8,11-12,14,18,23H,9-10,13H2,1-3H3,(H,24,26)/t14-,18-/m0/s1/i2D3,3D3,4D,5D,6D,7D,8D,13D2. The minimum Gasteiger partial charge on any atom is -0.496 e. The quantitative estimate of drug-likeness (QED) is 0.774. The van der Waals surface area contributed by atoms with Crippen LogP contribution >= 0.6 is 11.6 Å². The first-order valence-corrected chi connectivity index (χ1v) is 8.49. The molecule has 1 amide bonds. The van der Waals surface area contributed by atoms with Crippen LogP contribution in [0.25, 0.3) is 0 Å². The summed E-state index contributed by atoms with van der Waals surface area (Å²) in [4.78, 5) is 14.5. The molecule has 1 fully saturated rings. The van der Waals surface area contributed by atoms with E-state index in [0.29, 0.717) is 0 Å². The summed E-state index contributed by atoms with van der Waals surface area (Å²) < 4.78 is 107. The van der Waals surface area contributed by atoms with E-state index in [2.05, 4.69) is 10.6 Å². The monoisotopic (exact) mass is 400 g/mol. The van der Waals surface area contributed by atoms with Crippen LogP contribution in [0.4, 0.5) is 5.69 Å². The first-order valence-electron chi connectivity index (χ1n) is 14.6. The molecule has 0 radical (unpaired) electrons. The number of carbonyl (C=O) groups excluding carboxylic acids is 1. The molecule has 0 bridgehead atoms. The smallest absolute Gasteiger partial charge is 0.255 e. The van der Waals surface area contributed by atoms with Gasteiger partial charge in [-0.3, -0.25) is 9.69 Å². The lowest BCUT2D eigenvalue weighted by Gasteiger charge is -2.25. The van der Waals surface area contributed by atoms with Gasteiger partial charge in [-0.25, -0.2) is 0 Å². The van der Waals surface area contributed by atoms with Crippen molar-refractivity contribution in [3.63, 3.8) is 0 Å². The van der Waals surface area contributed by atoms with Crippen LogP contribution in [0.15, 0.2) is 42.3 Å². The largest absolute Gasteiger partial charge is 0.496 e. The number of amides is 1. The number of halogens is 1. The molecule has 0 aromatic heterocycles. The zero-order valence-corrected chi connectivity index (χ0v) is 15.1. The number of hydrogen-bond acceptors (Lipinski definition) is 4. The van der Waals surface area contributed by atoms with Crippen molar-refractivity contribution in [3.8, 4) is 5.75 Å². The number of benzene rings is 2. The second kappa shape index (κ2) is 8.63. The third kappa shape index (κ3) is 4.37. The molecule has 2 aromatic rings. The van der Waals surface area contributed by atoms with E-state index >= 15 is 0 Å². The second-order valence-electron chi connectivity index (χ2n) is 5.97. The van der Waals surface area contributed by atoms with Crippen molar-refractivity contribution in [2.75, 3.05) is 25.9 Å². The normalized spacial score (nSPS) is 28.1. The summed E-state index contributed by atoms with van der Waals surface area (Å²) in [6, 6.07) is -2.78. The van der Waals surface area contributed by atoms with Gasteiger partial charge in [0.05, 0.1) is 34.3 Å². The maximum atomic E-state index is 13.3. The van der Waals surface area contributed by atoms with Crippen LogP contribution < -0.4 is 15.4 Å². The summed E-state index contributed by atoms with van der Waals surface area (Å²) in [5, 5.41) is 4.62. The van der Waals surface area contributed by atoms with E-state index in [0.717, 1.165) is 12.1 Å². The Bertz CT molecular complexity index is 1290. The van der Waals surface area contributed by atoms with Gasteiger partial charge in [-0.15, -0.1) is 0 Å². The Balaban J connectivity index is 1.92. The molecule has 5 nitrogen and oxygen atoms in total. The number of ether oxygens (including phenoxy) is 1. The van der Waals surface area contributed by atoms with Crippen molar-refractivity contribution in [1.82, 2.24) is 10.2 Å². The molecule has 0 aliphatic carbocycles. The van der Waals surface area contributed by atoms with Crippen molar-refractivity contribution in [2.45, 2.75) is 31.9 Å². The molecule has 3 rings (SSSR count). The lowest BCUT2D eigenvalue weighted by atomic mass is 10.1. The summed E-state index contributed by atoms with van der Waals surface area (Å²) in [6.07, 6.45) is 0.201. The zero-order chi connectivity index (χ0) is 30.5. The predicted octanol–water partition coefficient (Wildman–Crippen LogP) is 3.78. The third-order valence-corrected chi connectivity index (χ3v) is 4.70. The van der Waals surface area contributed by atoms with E-state index in [1.165, 1.54) is 4.90 Å². The Morgan fingerprint density at radius 3 is 3.00 bits per heavy atom. The molecule has 1 saturated heterocycles. The maximum Gasteiger partial charge on any atom is 0.255 e. The molecule has 0 saturated carbocycles. The summed E-state index contributed by atoms with van der Waals surface area (Å²) in [7, 11) is -2.99. The highest BCUT2D eigenvalue weighted by Crippen LogP contribution is 2.31. The fourth-order valence-electron chi connectivity index (χ4n) is 2.90. The first-order chi connectivity index (χ1) is 18.2. The Hall–Kier alpha value is -2.24. The van der Waals surface area contributed by atoms with Crippen molar-refractivity contribution < 1.29 is 27.4 Å². The van der Waals surface area contributed by atoms with Gasteiger partial charge in [0.25, 0.3) is 5.91 Å². The molecule has 0 spiro atoms. The van der Waals surface area contributed by atoms with E-state index in [1.54, 1.807) is 6.92 Å². The van der Waals surface area contributed by atoms with Gasteiger partial charge in [0.2, 0.25) is 0 Å². The van der Waals surface area contributed by atoms with Gasteiger partial charge in [0.15, 0.2) is 0 Å². The Kier molecular flexibility index (Phi) is 2.83. The molecular formula is C21H26ClN3O2. The second-order valence-corrected chi connectivity index (χ2v) is 6.38. The van der Waals surface area contributed by atoms with Gasteiger partial charge in [-0.1, -0.05) is 41.8 Å². The molecule has 1 heterocycles. The number of hydrogen-bond donors (Lipinski definition) is 2. The molecule has 2 atom stereocenters. The van der Waals surface area contributed by atoms with Crippen molar-refractivity contribution in [2.24, 2.45) is 0 Å². The molecular weight excluding hydrogens is 362 g/mol. The van der Waals surface area contributed by atoms with Gasteiger partial charge in [-0.2, -0.15) is 0 Å². The van der Waals surface area contributed by atoms with Gasteiger partial charge in [-0.05, 0) is 25.0 Å². The van der Waals surface area contributed by atoms with Crippen LogP contribution in [0, 0.1) is 0 Å². The molecule has 0 unspecified atom stereocenters. The van der Waals surface area contributed by atoms with Crippen LogP contribution in [0.3, 0.4) is 0 Å². The number of anilines is 1. The summed E-state index contributed by atoms with van der Waals surface area (Å²) in [6.45, 7) is -3.55. The molecule has 6 heteroatoms. The number of nitrogens with zero attached hydrogens (tertiary/aromatic N) is 1. The van der Waals surface area contributed by atoms with Crippen molar-refractivity contribution in [3.05, 3.63) is 58.5 Å². The van der Waals surface area contributed by atoms with Crippen LogP contribution in [-0.2, 0) is 6.50 Å². The molecule has 144 valence electrons. The highest BCUT2D eigenvalue weighted by atomic mass is 35.5. The van der Waals surface area contributed by atoms with Gasteiger partial charge in [0, 0.05) is 45.0 Å². The lowest BCUT2D eigenvalue weighted by molar-refractivity contribution is 0.0924. The predicted molar refractivity (Wildman–Crippen MR) is 110 cm³/mol. The van der Waals surface area contributed by atoms with Crippen LogP contribution in [0.1, 0.15) is 47.1 Å². The van der Waals surface area contributed by atoms with Gasteiger partial charge in [0.1, 0.15) is 5.75 Å². The molecule has 1 aliphatic rings.